The Bertz CT molecular complexity index is 2970. The van der Waals surface area contributed by atoms with Gasteiger partial charge in [0.2, 0.25) is 0 Å². The van der Waals surface area contributed by atoms with E-state index in [1.807, 2.05) is 92.7 Å². The molecule has 0 heterocycles. The molecule has 0 saturated heterocycles. The van der Waals surface area contributed by atoms with Gasteiger partial charge in [-0.05, 0) is 120 Å². The highest BCUT2D eigenvalue weighted by Gasteiger charge is 2.32. The molecule has 0 bridgehead atoms. The molecule has 0 aromatic heterocycles. The first-order valence-electron chi connectivity index (χ1n) is 21.7. The number of carbonyl (C=O) groups excluding carboxylic acids is 4. The van der Waals surface area contributed by atoms with Crippen LogP contribution in [0.25, 0.3) is 78.6 Å². The standard InChI is InChI=1S/C54H52N4O8/c1-8-36-37-19-13-30(14-20-38(37)45(49(36)55)43(28-59)64-10-3)33-25-34(31-15-21-39-40(22-16-31)46(52(61)58(7)9-2)50(56)44(39)29(6)60)27-35(26-33)32-17-23-41-42(24-18-32)48(54(63)66-12-5)51(57)47(41)53(62)65-11-4/h8,13-28,59H,1,9-12,55-57H2,2-7H3. The average molecular weight is 885 g/mol. The molecule has 6 aliphatic rings. The van der Waals surface area contributed by atoms with Crippen molar-refractivity contribution in [1.82, 2.24) is 4.90 Å². The van der Waals surface area contributed by atoms with Crippen molar-refractivity contribution in [2.24, 2.45) is 0 Å². The summed E-state index contributed by atoms with van der Waals surface area (Å²) in [7, 11) is 1.69. The Morgan fingerprint density at radius 2 is 0.924 bits per heavy atom. The number of esters is 2. The predicted molar refractivity (Wildman–Crippen MR) is 263 cm³/mol. The Labute approximate surface area is 383 Å². The largest absolute Gasteiger partial charge is 0.512 e. The molecule has 0 atom stereocenters. The van der Waals surface area contributed by atoms with Gasteiger partial charge in [0.15, 0.2) is 11.5 Å². The molecule has 0 radical (unpaired) electrons. The summed E-state index contributed by atoms with van der Waals surface area (Å²) in [6.07, 6.45) is 2.59. The van der Waals surface area contributed by atoms with Crippen LogP contribution in [-0.2, 0) is 14.2 Å². The van der Waals surface area contributed by atoms with Crippen LogP contribution in [0.5, 0.6) is 0 Å². The number of rotatable bonds is 14. The first kappa shape index (κ1) is 45.9. The van der Waals surface area contributed by atoms with E-state index in [1.165, 1.54) is 6.92 Å². The number of benzene rings is 1. The number of aliphatic hydroxyl groups is 1. The number of hydrogen-bond acceptors (Lipinski definition) is 11. The topological polar surface area (TPSA) is 198 Å². The maximum atomic E-state index is 13.7. The van der Waals surface area contributed by atoms with E-state index < -0.39 is 11.9 Å². The van der Waals surface area contributed by atoms with Gasteiger partial charge in [-0.2, -0.15) is 0 Å². The van der Waals surface area contributed by atoms with Crippen LogP contribution in [0.15, 0.2) is 104 Å². The number of ether oxygens (including phenoxy) is 3. The second-order valence-electron chi connectivity index (χ2n) is 15.6. The first-order valence-corrected chi connectivity index (χ1v) is 21.7. The molecule has 12 nitrogen and oxygen atoms in total. The third-order valence-corrected chi connectivity index (χ3v) is 11.9. The normalized spacial score (nSPS) is 11.5. The van der Waals surface area contributed by atoms with Gasteiger partial charge in [-0.3, -0.25) is 9.59 Å². The van der Waals surface area contributed by atoms with E-state index in [-0.39, 0.29) is 64.3 Å². The van der Waals surface area contributed by atoms with Gasteiger partial charge in [0.25, 0.3) is 5.91 Å². The molecule has 6 aliphatic carbocycles. The summed E-state index contributed by atoms with van der Waals surface area (Å²) in [5, 5.41) is 10.2. The number of nitrogens with zero attached hydrogens (tertiary/aromatic N) is 1. The van der Waals surface area contributed by atoms with Crippen molar-refractivity contribution in [1.29, 1.82) is 0 Å². The van der Waals surface area contributed by atoms with Crippen molar-refractivity contribution in [3.05, 3.63) is 137 Å². The Morgan fingerprint density at radius 1 is 0.545 bits per heavy atom. The van der Waals surface area contributed by atoms with Crippen molar-refractivity contribution in [2.45, 2.75) is 34.6 Å². The van der Waals surface area contributed by atoms with E-state index in [4.69, 9.17) is 31.4 Å². The number of carbonyl (C=O) groups is 4. The fourth-order valence-electron chi connectivity index (χ4n) is 8.63. The molecule has 1 amide bonds. The van der Waals surface area contributed by atoms with Gasteiger partial charge in [0, 0.05) is 24.7 Å². The first-order chi connectivity index (χ1) is 31.7. The Balaban J connectivity index is 1.50. The van der Waals surface area contributed by atoms with Crippen LogP contribution in [0.2, 0.25) is 0 Å². The lowest BCUT2D eigenvalue weighted by molar-refractivity contribution is 0.0525. The molecule has 0 saturated carbocycles. The molecule has 0 spiro atoms. The summed E-state index contributed by atoms with van der Waals surface area (Å²) >= 11 is 0. The zero-order valence-corrected chi connectivity index (χ0v) is 37.8. The molecule has 7 N–H and O–H groups in total. The van der Waals surface area contributed by atoms with E-state index in [0.717, 1.165) is 50.8 Å². The highest BCUT2D eigenvalue weighted by atomic mass is 16.5. The smallest absolute Gasteiger partial charge is 0.340 e. The van der Waals surface area contributed by atoms with Crippen molar-refractivity contribution in [2.75, 3.05) is 50.6 Å². The zero-order chi connectivity index (χ0) is 47.6. The molecule has 0 aliphatic heterocycles. The van der Waals surface area contributed by atoms with E-state index in [1.54, 1.807) is 44.0 Å². The van der Waals surface area contributed by atoms with Gasteiger partial charge < -0.3 is 41.4 Å². The number of fused-ring (bicyclic) bond motifs is 3. The molecule has 0 unspecified atom stereocenters. The Kier molecular flexibility index (Phi) is 13.2. The fourth-order valence-corrected chi connectivity index (χ4v) is 8.63. The quantitative estimate of drug-likeness (QED) is 0.0460. The van der Waals surface area contributed by atoms with E-state index >= 15 is 0 Å². The maximum Gasteiger partial charge on any atom is 0.340 e. The molecule has 336 valence electrons. The number of amides is 1. The third-order valence-electron chi connectivity index (χ3n) is 11.9. The van der Waals surface area contributed by atoms with Crippen LogP contribution < -0.4 is 17.2 Å². The van der Waals surface area contributed by atoms with E-state index in [2.05, 4.69) is 6.58 Å². The van der Waals surface area contributed by atoms with Crippen molar-refractivity contribution in [3.8, 4) is 66.8 Å². The summed E-state index contributed by atoms with van der Waals surface area (Å²) in [5.41, 5.74) is 30.4. The number of aliphatic hydroxyl groups excluding tert-OH is 1. The molecule has 0 fully saturated rings. The zero-order valence-electron chi connectivity index (χ0n) is 37.8. The summed E-state index contributed by atoms with van der Waals surface area (Å²) in [6, 6.07) is 28.6. The third kappa shape index (κ3) is 8.02. The van der Waals surface area contributed by atoms with Gasteiger partial charge >= 0.3 is 11.9 Å². The van der Waals surface area contributed by atoms with Crippen molar-refractivity contribution >= 4 is 52.5 Å². The monoisotopic (exact) mass is 884 g/mol. The van der Waals surface area contributed by atoms with Gasteiger partial charge in [-0.25, -0.2) is 9.59 Å². The summed E-state index contributed by atoms with van der Waals surface area (Å²) < 4.78 is 16.5. The van der Waals surface area contributed by atoms with Crippen LogP contribution >= 0.6 is 0 Å². The second-order valence-corrected chi connectivity index (χ2v) is 15.6. The SMILES string of the molecule is C=Cc1c2ccc(-c3cc(-c4ccc5c(C(=O)OCC)c(N)c(C(=O)OCC)c-5cc4)cc(-c4ccc5c(C(C)=O)c(N)c(C(=O)N(C)CC)c-5cc4)c3)ccc-2c(C(=CO)OCC)c1N. The fraction of sp³-hybridized carbons (Fsp3) is 0.185. The number of nitrogens with two attached hydrogens (primary N) is 3. The van der Waals surface area contributed by atoms with E-state index in [9.17, 15) is 24.3 Å². The minimum atomic E-state index is -0.660. The molecule has 1 aromatic rings. The Morgan fingerprint density at radius 3 is 1.30 bits per heavy atom. The number of hydrogen-bond donors (Lipinski definition) is 4. The molecular formula is C54H52N4O8. The van der Waals surface area contributed by atoms with E-state index in [0.29, 0.717) is 52.2 Å². The number of Topliss-reactive ketones (excluding diaryl/α,β-unsaturated/α-hetero) is 1. The minimum Gasteiger partial charge on any atom is -0.512 e. The highest BCUT2D eigenvalue weighted by molar-refractivity contribution is 6.18. The van der Waals surface area contributed by atoms with Gasteiger partial charge in [-0.1, -0.05) is 85.5 Å². The van der Waals surface area contributed by atoms with Gasteiger partial charge in [0.05, 0.1) is 59.1 Å². The lowest BCUT2D eigenvalue weighted by Gasteiger charge is -2.15. The van der Waals surface area contributed by atoms with Crippen LogP contribution in [0.4, 0.5) is 17.1 Å². The van der Waals surface area contributed by atoms with Crippen LogP contribution in [0.3, 0.4) is 0 Å². The summed E-state index contributed by atoms with van der Waals surface area (Å²) in [6.45, 7) is 13.5. The number of nitrogen functional groups attached to an aromatic ring is 3. The molecule has 12 heteroatoms. The molecule has 7 rings (SSSR count). The Hall–Kier alpha value is -8.12. The van der Waals surface area contributed by atoms with Crippen LogP contribution in [0, 0.1) is 0 Å². The number of anilines is 3. The maximum absolute atomic E-state index is 13.7. The molecule has 66 heavy (non-hydrogen) atoms. The van der Waals surface area contributed by atoms with Crippen molar-refractivity contribution < 1.29 is 38.5 Å². The lowest BCUT2D eigenvalue weighted by Crippen LogP contribution is -2.26. The van der Waals surface area contributed by atoms with Crippen molar-refractivity contribution in [3.63, 3.8) is 0 Å². The van der Waals surface area contributed by atoms with Crippen LogP contribution in [0.1, 0.15) is 87.2 Å². The minimum absolute atomic E-state index is 0.0148. The lowest BCUT2D eigenvalue weighted by atomic mass is 9.94. The average Bonchev–Trinajstić information content (AvgIpc) is 3.55. The molecular weight excluding hydrogens is 833 g/mol. The molecule has 1 aromatic carbocycles. The summed E-state index contributed by atoms with van der Waals surface area (Å²) in [4.78, 5) is 55.0. The van der Waals surface area contributed by atoms with Gasteiger partial charge in [-0.15, -0.1) is 0 Å². The van der Waals surface area contributed by atoms with Crippen LogP contribution in [-0.4, -0.2) is 67.0 Å². The van der Waals surface area contributed by atoms with Gasteiger partial charge in [0.1, 0.15) is 6.26 Å². The number of ketones is 1. The highest BCUT2D eigenvalue weighted by Crippen LogP contribution is 2.46. The second kappa shape index (κ2) is 18.9. The summed E-state index contributed by atoms with van der Waals surface area (Å²) in [5.74, 6) is -1.63. The predicted octanol–water partition coefficient (Wildman–Crippen LogP) is 10.9.